The molecular weight excluding hydrogens is 246 g/mol. The molecule has 2 rings (SSSR count). The number of rotatable bonds is 4. The number of carboxylic acid groups (broad SMARTS) is 1. The van der Waals surface area contributed by atoms with Crippen LogP contribution in [0.25, 0.3) is 0 Å². The Bertz CT molecular complexity index is 498. The number of hydrogen-bond acceptors (Lipinski definition) is 3. The summed E-state index contributed by atoms with van der Waals surface area (Å²) in [5.74, 6) is -0.837. The molecule has 1 aromatic heterocycles. The van der Waals surface area contributed by atoms with Gasteiger partial charge in [0.2, 0.25) is 0 Å². The molecule has 102 valence electrons. The van der Waals surface area contributed by atoms with Gasteiger partial charge in [0.25, 0.3) is 0 Å². The van der Waals surface area contributed by atoms with Gasteiger partial charge in [0.1, 0.15) is 0 Å². The van der Waals surface area contributed by atoms with Crippen molar-refractivity contribution >= 4 is 17.7 Å². The van der Waals surface area contributed by atoms with Gasteiger partial charge in [0.05, 0.1) is 17.3 Å². The van der Waals surface area contributed by atoms with Gasteiger partial charge in [-0.1, -0.05) is 6.42 Å². The van der Waals surface area contributed by atoms with Crippen molar-refractivity contribution in [1.29, 1.82) is 0 Å². The van der Waals surface area contributed by atoms with Crippen molar-refractivity contribution in [2.45, 2.75) is 26.2 Å². The van der Waals surface area contributed by atoms with E-state index in [0.29, 0.717) is 18.5 Å². The Balaban J connectivity index is 1.87. The molecule has 1 saturated carbocycles. The van der Waals surface area contributed by atoms with Crippen LogP contribution in [0.15, 0.2) is 18.5 Å². The van der Waals surface area contributed by atoms with Gasteiger partial charge in [-0.3, -0.25) is 9.78 Å². The lowest BCUT2D eigenvalue weighted by molar-refractivity contribution is -0.153. The molecule has 0 saturated heterocycles. The van der Waals surface area contributed by atoms with Crippen LogP contribution in [-0.2, 0) is 4.79 Å². The number of carbonyl (C=O) groups excluding carboxylic acids is 1. The lowest BCUT2D eigenvalue weighted by Crippen LogP contribution is -2.48. The highest BCUT2D eigenvalue weighted by Gasteiger charge is 2.44. The number of hydrogen-bond donors (Lipinski definition) is 3. The van der Waals surface area contributed by atoms with E-state index in [2.05, 4.69) is 15.6 Å². The molecule has 2 amide bonds. The molecule has 0 radical (unpaired) electrons. The zero-order valence-electron chi connectivity index (χ0n) is 10.8. The lowest BCUT2D eigenvalue weighted by atomic mass is 9.69. The molecule has 1 fully saturated rings. The highest BCUT2D eigenvalue weighted by atomic mass is 16.4. The summed E-state index contributed by atoms with van der Waals surface area (Å²) >= 11 is 0. The zero-order valence-corrected chi connectivity index (χ0v) is 10.8. The van der Waals surface area contributed by atoms with Crippen LogP contribution in [0.3, 0.4) is 0 Å². The number of urea groups is 1. The highest BCUT2D eigenvalue weighted by Crippen LogP contribution is 2.40. The molecule has 0 unspecified atom stereocenters. The van der Waals surface area contributed by atoms with E-state index in [-0.39, 0.29) is 6.54 Å². The van der Waals surface area contributed by atoms with Crippen molar-refractivity contribution in [3.8, 4) is 0 Å². The summed E-state index contributed by atoms with van der Waals surface area (Å²) in [5.41, 5.74) is 0.761. The predicted molar refractivity (Wildman–Crippen MR) is 69.9 cm³/mol. The van der Waals surface area contributed by atoms with Crippen LogP contribution >= 0.6 is 0 Å². The Morgan fingerprint density at radius 2 is 2.16 bits per heavy atom. The van der Waals surface area contributed by atoms with Crippen molar-refractivity contribution in [3.63, 3.8) is 0 Å². The van der Waals surface area contributed by atoms with Crippen molar-refractivity contribution in [3.05, 3.63) is 24.0 Å². The maximum Gasteiger partial charge on any atom is 0.319 e. The van der Waals surface area contributed by atoms with Crippen LogP contribution in [0.5, 0.6) is 0 Å². The Labute approximate surface area is 111 Å². The van der Waals surface area contributed by atoms with E-state index < -0.39 is 17.4 Å². The molecule has 0 spiro atoms. The Hall–Kier alpha value is -2.11. The SMILES string of the molecule is Cc1cncc(NC(=O)NCC2(C(=O)O)CCC2)c1. The van der Waals surface area contributed by atoms with E-state index in [1.54, 1.807) is 18.5 Å². The number of nitrogens with zero attached hydrogens (tertiary/aromatic N) is 1. The van der Waals surface area contributed by atoms with Gasteiger partial charge in [-0.2, -0.15) is 0 Å². The van der Waals surface area contributed by atoms with E-state index in [9.17, 15) is 9.59 Å². The lowest BCUT2D eigenvalue weighted by Gasteiger charge is -2.37. The fourth-order valence-electron chi connectivity index (χ4n) is 2.12. The molecule has 1 aromatic rings. The number of carboxylic acids is 1. The molecule has 1 heterocycles. The number of pyridine rings is 1. The van der Waals surface area contributed by atoms with Crippen molar-refractivity contribution in [2.24, 2.45) is 5.41 Å². The van der Waals surface area contributed by atoms with Crippen molar-refractivity contribution in [1.82, 2.24) is 10.3 Å². The summed E-state index contributed by atoms with van der Waals surface area (Å²) in [5, 5.41) is 14.4. The Morgan fingerprint density at radius 1 is 1.42 bits per heavy atom. The molecule has 6 nitrogen and oxygen atoms in total. The van der Waals surface area contributed by atoms with Gasteiger partial charge >= 0.3 is 12.0 Å². The van der Waals surface area contributed by atoms with Gasteiger partial charge in [-0.05, 0) is 31.4 Å². The maximum absolute atomic E-state index is 11.7. The quantitative estimate of drug-likeness (QED) is 0.772. The second-order valence-corrected chi connectivity index (χ2v) is 5.00. The monoisotopic (exact) mass is 263 g/mol. The first kappa shape index (κ1) is 13.3. The second-order valence-electron chi connectivity index (χ2n) is 5.00. The van der Waals surface area contributed by atoms with Gasteiger partial charge in [-0.15, -0.1) is 0 Å². The van der Waals surface area contributed by atoms with Crippen molar-refractivity contribution < 1.29 is 14.7 Å². The number of aliphatic carboxylic acids is 1. The van der Waals surface area contributed by atoms with Crippen molar-refractivity contribution in [2.75, 3.05) is 11.9 Å². The summed E-state index contributed by atoms with van der Waals surface area (Å²) < 4.78 is 0. The maximum atomic E-state index is 11.7. The molecule has 0 bridgehead atoms. The fourth-order valence-corrected chi connectivity index (χ4v) is 2.12. The average molecular weight is 263 g/mol. The van der Waals surface area contributed by atoms with Gasteiger partial charge in [-0.25, -0.2) is 4.79 Å². The molecule has 0 aliphatic heterocycles. The predicted octanol–water partition coefficient (Wildman–Crippen LogP) is 1.77. The van der Waals surface area contributed by atoms with E-state index >= 15 is 0 Å². The van der Waals surface area contributed by atoms with Crippen LogP contribution in [0.1, 0.15) is 24.8 Å². The number of aromatic nitrogens is 1. The highest BCUT2D eigenvalue weighted by molar-refractivity contribution is 5.89. The number of carbonyl (C=O) groups is 2. The van der Waals surface area contributed by atoms with E-state index in [4.69, 9.17) is 5.11 Å². The van der Waals surface area contributed by atoms with Gasteiger partial charge in [0, 0.05) is 12.7 Å². The van der Waals surface area contributed by atoms with Crippen LogP contribution < -0.4 is 10.6 Å². The summed E-state index contributed by atoms with van der Waals surface area (Å²) in [7, 11) is 0. The first-order valence-corrected chi connectivity index (χ1v) is 6.22. The van der Waals surface area contributed by atoms with Crippen LogP contribution in [-0.4, -0.2) is 28.6 Å². The average Bonchev–Trinajstić information content (AvgIpc) is 2.26. The van der Waals surface area contributed by atoms with E-state index in [1.165, 1.54) is 0 Å². The zero-order chi connectivity index (χ0) is 13.9. The van der Waals surface area contributed by atoms with E-state index in [1.807, 2.05) is 6.92 Å². The smallest absolute Gasteiger partial charge is 0.319 e. The normalized spacial score (nSPS) is 16.3. The summed E-state index contributed by atoms with van der Waals surface area (Å²) in [6.07, 6.45) is 5.38. The topological polar surface area (TPSA) is 91.3 Å². The first-order valence-electron chi connectivity index (χ1n) is 6.22. The van der Waals surface area contributed by atoms with Crippen LogP contribution in [0.2, 0.25) is 0 Å². The number of amides is 2. The fraction of sp³-hybridized carbons (Fsp3) is 0.462. The summed E-state index contributed by atoms with van der Waals surface area (Å²) in [6, 6.07) is 1.39. The second kappa shape index (κ2) is 5.26. The van der Waals surface area contributed by atoms with Crippen LogP contribution in [0, 0.1) is 12.3 Å². The van der Waals surface area contributed by atoms with Gasteiger partial charge < -0.3 is 15.7 Å². The van der Waals surface area contributed by atoms with Gasteiger partial charge in [0.15, 0.2) is 0 Å². The minimum atomic E-state index is -0.837. The molecule has 1 aliphatic carbocycles. The number of anilines is 1. The minimum Gasteiger partial charge on any atom is -0.481 e. The Kier molecular flexibility index (Phi) is 3.69. The summed E-state index contributed by atoms with van der Waals surface area (Å²) in [4.78, 5) is 26.8. The molecular formula is C13H17N3O3. The molecule has 0 atom stereocenters. The third-order valence-electron chi connectivity index (χ3n) is 3.48. The molecule has 1 aliphatic rings. The summed E-state index contributed by atoms with van der Waals surface area (Å²) in [6.45, 7) is 2.04. The number of aryl methyl sites for hydroxylation is 1. The first-order chi connectivity index (χ1) is 9.02. The van der Waals surface area contributed by atoms with E-state index in [0.717, 1.165) is 12.0 Å². The third-order valence-corrected chi connectivity index (χ3v) is 3.48. The minimum absolute atomic E-state index is 0.160. The Morgan fingerprint density at radius 3 is 2.68 bits per heavy atom. The molecule has 6 heteroatoms. The molecule has 3 N–H and O–H groups in total. The third kappa shape index (κ3) is 3.01. The molecule has 0 aromatic carbocycles. The van der Waals surface area contributed by atoms with Crippen LogP contribution in [0.4, 0.5) is 10.5 Å². The number of nitrogens with one attached hydrogen (secondary N) is 2. The largest absolute Gasteiger partial charge is 0.481 e. The standard InChI is InChI=1S/C13H17N3O3/c1-9-5-10(7-14-6-9)16-12(19)15-8-13(11(17)18)3-2-4-13/h5-7H,2-4,8H2,1H3,(H,17,18)(H2,15,16,19). The molecule has 19 heavy (non-hydrogen) atoms.